The van der Waals surface area contributed by atoms with Gasteiger partial charge >= 0.3 is 0 Å². The molecule has 0 N–H and O–H groups in total. The summed E-state index contributed by atoms with van der Waals surface area (Å²) in [5.41, 5.74) is 7.38. The minimum Gasteiger partial charge on any atom is -0.309 e. The number of benzene rings is 4. The van der Waals surface area contributed by atoms with E-state index in [-0.39, 0.29) is 0 Å². The topological polar surface area (TPSA) is 46.5 Å². The minimum atomic E-state index is 0.649. The first kappa shape index (κ1) is 23.7. The molecular formula is C36H26N4. The van der Waals surface area contributed by atoms with Gasteiger partial charge in [0.1, 0.15) is 5.82 Å². The number of fused-ring (bicyclic) bond motifs is 7. The van der Waals surface area contributed by atoms with Crippen LogP contribution >= 0.6 is 0 Å². The van der Waals surface area contributed by atoms with Crippen LogP contribution in [0.15, 0.2) is 133 Å². The summed E-state index contributed by atoms with van der Waals surface area (Å²) in [6, 6.07) is 40.7. The third-order valence-electron chi connectivity index (χ3n) is 7.57. The van der Waals surface area contributed by atoms with E-state index in [1.807, 2.05) is 31.2 Å². The molecule has 4 nitrogen and oxygen atoms in total. The largest absolute Gasteiger partial charge is 0.309 e. The fourth-order valence-corrected chi connectivity index (χ4v) is 5.81. The molecule has 3 aromatic heterocycles. The second kappa shape index (κ2) is 9.72. The third-order valence-corrected chi connectivity index (χ3v) is 7.57. The van der Waals surface area contributed by atoms with Crippen LogP contribution in [0, 0.1) is 11.3 Å². The Bertz CT molecular complexity index is 2150. The van der Waals surface area contributed by atoms with E-state index in [9.17, 15) is 5.26 Å². The van der Waals surface area contributed by atoms with Crippen molar-refractivity contribution in [1.29, 1.82) is 5.26 Å². The Morgan fingerprint density at radius 2 is 1.45 bits per heavy atom. The molecule has 0 unspecified atom stereocenters. The number of para-hydroxylation sites is 3. The Morgan fingerprint density at radius 1 is 0.725 bits per heavy atom. The van der Waals surface area contributed by atoms with Crippen LogP contribution in [0.5, 0.6) is 0 Å². The quantitative estimate of drug-likeness (QED) is 0.170. The Kier molecular flexibility index (Phi) is 5.76. The average molecular weight is 515 g/mol. The molecule has 0 radical (unpaired) electrons. The number of hydrogen-bond acceptors (Lipinski definition) is 2. The van der Waals surface area contributed by atoms with E-state index in [0.29, 0.717) is 12.0 Å². The number of pyridine rings is 1. The van der Waals surface area contributed by atoms with Crippen LogP contribution in [0.3, 0.4) is 0 Å². The van der Waals surface area contributed by atoms with Crippen LogP contribution < -0.4 is 0 Å². The normalized spacial score (nSPS) is 12.2. The average Bonchev–Trinajstić information content (AvgIpc) is 3.53. The van der Waals surface area contributed by atoms with Crippen molar-refractivity contribution in [3.05, 3.63) is 139 Å². The lowest BCUT2D eigenvalue weighted by atomic mass is 10.1. The Balaban J connectivity index is 1.52. The maximum Gasteiger partial charge on any atom is 0.137 e. The summed E-state index contributed by atoms with van der Waals surface area (Å²) in [5, 5.41) is 14.1. The van der Waals surface area contributed by atoms with Gasteiger partial charge in [-0.1, -0.05) is 78.9 Å². The highest BCUT2D eigenvalue weighted by molar-refractivity contribution is 6.26. The van der Waals surface area contributed by atoms with E-state index in [1.165, 1.54) is 32.6 Å². The van der Waals surface area contributed by atoms with Crippen molar-refractivity contribution in [2.24, 2.45) is 0 Å². The van der Waals surface area contributed by atoms with Gasteiger partial charge in [0.25, 0.3) is 0 Å². The van der Waals surface area contributed by atoms with Gasteiger partial charge in [0.2, 0.25) is 0 Å². The van der Waals surface area contributed by atoms with E-state index in [1.54, 1.807) is 0 Å². The lowest BCUT2D eigenvalue weighted by Gasteiger charge is -2.10. The summed E-state index contributed by atoms with van der Waals surface area (Å²) in [7, 11) is 0. The van der Waals surface area contributed by atoms with Crippen molar-refractivity contribution in [2.75, 3.05) is 0 Å². The van der Waals surface area contributed by atoms with Crippen molar-refractivity contribution in [1.82, 2.24) is 14.1 Å². The van der Waals surface area contributed by atoms with Gasteiger partial charge < -0.3 is 4.57 Å². The zero-order chi connectivity index (χ0) is 27.1. The monoisotopic (exact) mass is 514 g/mol. The maximum atomic E-state index is 9.22. The number of allylic oxidation sites excluding steroid dienone is 4. The molecule has 190 valence electrons. The molecule has 0 saturated carbocycles. The molecule has 0 aliphatic carbocycles. The van der Waals surface area contributed by atoms with Gasteiger partial charge in [0.05, 0.1) is 28.1 Å². The summed E-state index contributed by atoms with van der Waals surface area (Å²) in [6.45, 7) is 1.87. The van der Waals surface area contributed by atoms with Crippen molar-refractivity contribution >= 4 is 43.6 Å². The Labute approximate surface area is 232 Å². The van der Waals surface area contributed by atoms with E-state index < -0.39 is 0 Å². The number of nitrogens with zero attached hydrogens (tertiary/aromatic N) is 4. The van der Waals surface area contributed by atoms with Crippen molar-refractivity contribution in [3.63, 3.8) is 0 Å². The van der Waals surface area contributed by atoms with Crippen LogP contribution in [0.4, 0.5) is 0 Å². The first-order valence-electron chi connectivity index (χ1n) is 13.5. The molecule has 0 aliphatic heterocycles. The summed E-state index contributed by atoms with van der Waals surface area (Å²) in [4.78, 5) is 5.07. The first-order chi connectivity index (χ1) is 19.8. The van der Waals surface area contributed by atoms with Crippen LogP contribution in [0.2, 0.25) is 0 Å². The SMILES string of the molecule is C/C=C(C#N)\C=C/Cc1cccc(-n2c3ccccc3c3c2ccc2c4ccccc4n(-c4ccccc4)c23)n1. The highest BCUT2D eigenvalue weighted by Crippen LogP contribution is 2.41. The van der Waals surface area contributed by atoms with Gasteiger partial charge in [-0.25, -0.2) is 4.98 Å². The van der Waals surface area contributed by atoms with Gasteiger partial charge in [-0.15, -0.1) is 0 Å². The molecule has 0 saturated heterocycles. The summed E-state index contributed by atoms with van der Waals surface area (Å²) in [6.07, 6.45) is 6.32. The Hall–Kier alpha value is -5.40. The number of nitriles is 1. The fourth-order valence-electron chi connectivity index (χ4n) is 5.81. The van der Waals surface area contributed by atoms with Crippen LogP contribution in [0.1, 0.15) is 12.6 Å². The second-order valence-electron chi connectivity index (χ2n) is 9.85. The number of rotatable bonds is 5. The van der Waals surface area contributed by atoms with E-state index in [2.05, 4.69) is 118 Å². The van der Waals surface area contributed by atoms with Gasteiger partial charge in [-0.3, -0.25) is 4.57 Å². The molecule has 7 rings (SSSR count). The van der Waals surface area contributed by atoms with Crippen molar-refractivity contribution in [3.8, 4) is 17.6 Å². The summed E-state index contributed by atoms with van der Waals surface area (Å²) in [5.74, 6) is 0.880. The molecule has 7 aromatic rings. The number of hydrogen-bond donors (Lipinski definition) is 0. The standard InChI is InChI=1S/C36H26N4/c1-2-25(24-37)12-10-13-26-14-11-21-34(38-26)40-32-20-9-7-18-30(32)35-33(40)23-22-29-28-17-6-8-19-31(28)39(36(29)35)27-15-4-3-5-16-27/h2-12,14-23H,13H2,1H3/b12-10-,25-2+. The summed E-state index contributed by atoms with van der Waals surface area (Å²) >= 11 is 0. The molecule has 0 fully saturated rings. The van der Waals surface area contributed by atoms with E-state index in [4.69, 9.17) is 4.98 Å². The van der Waals surface area contributed by atoms with Crippen LogP contribution in [-0.2, 0) is 6.42 Å². The second-order valence-corrected chi connectivity index (χ2v) is 9.85. The van der Waals surface area contributed by atoms with Gasteiger partial charge in [-0.05, 0) is 55.5 Å². The summed E-state index contributed by atoms with van der Waals surface area (Å²) < 4.78 is 4.67. The van der Waals surface area contributed by atoms with E-state index >= 15 is 0 Å². The van der Waals surface area contributed by atoms with Crippen LogP contribution in [0.25, 0.3) is 55.1 Å². The van der Waals surface area contributed by atoms with Crippen molar-refractivity contribution < 1.29 is 0 Å². The molecule has 0 atom stereocenters. The smallest absolute Gasteiger partial charge is 0.137 e. The molecular weight excluding hydrogens is 488 g/mol. The van der Waals surface area contributed by atoms with E-state index in [0.717, 1.165) is 28.2 Å². The fraction of sp³-hybridized carbons (Fsp3) is 0.0556. The minimum absolute atomic E-state index is 0.649. The zero-order valence-corrected chi connectivity index (χ0v) is 22.1. The predicted molar refractivity (Wildman–Crippen MR) is 165 cm³/mol. The third kappa shape index (κ3) is 3.72. The molecule has 4 heteroatoms. The molecule has 40 heavy (non-hydrogen) atoms. The highest BCUT2D eigenvalue weighted by atomic mass is 15.1. The lowest BCUT2D eigenvalue weighted by Crippen LogP contribution is -2.00. The molecule has 0 spiro atoms. The van der Waals surface area contributed by atoms with Gasteiger partial charge in [-0.2, -0.15) is 5.26 Å². The molecule has 3 heterocycles. The van der Waals surface area contributed by atoms with Crippen molar-refractivity contribution in [2.45, 2.75) is 13.3 Å². The molecule has 0 amide bonds. The highest BCUT2D eigenvalue weighted by Gasteiger charge is 2.20. The van der Waals surface area contributed by atoms with Gasteiger partial charge in [0.15, 0.2) is 0 Å². The predicted octanol–water partition coefficient (Wildman–Crippen LogP) is 8.84. The molecule has 0 bridgehead atoms. The molecule has 4 aromatic carbocycles. The maximum absolute atomic E-state index is 9.22. The van der Waals surface area contributed by atoms with Crippen LogP contribution in [-0.4, -0.2) is 14.1 Å². The lowest BCUT2D eigenvalue weighted by molar-refractivity contribution is 1.02. The number of aromatic nitrogens is 3. The zero-order valence-electron chi connectivity index (χ0n) is 22.1. The van der Waals surface area contributed by atoms with Gasteiger partial charge in [0, 0.05) is 44.9 Å². The first-order valence-corrected chi connectivity index (χ1v) is 13.5. The Morgan fingerprint density at radius 3 is 2.23 bits per heavy atom. The molecule has 0 aliphatic rings.